The largest absolute Gasteiger partial charge is 0.464 e. The van der Waals surface area contributed by atoms with Gasteiger partial charge < -0.3 is 10.5 Å². The molecule has 78 valence electrons. The molecule has 0 aliphatic rings. The minimum Gasteiger partial charge on any atom is -0.464 e. The second-order valence-electron chi connectivity index (χ2n) is 4.11. The highest BCUT2D eigenvalue weighted by Gasteiger charge is 2.13. The lowest BCUT2D eigenvalue weighted by Gasteiger charge is -2.17. The van der Waals surface area contributed by atoms with Gasteiger partial charge in [-0.15, -0.1) is 0 Å². The van der Waals surface area contributed by atoms with Crippen molar-refractivity contribution >= 4 is 5.97 Å². The van der Waals surface area contributed by atoms with Crippen molar-refractivity contribution in [2.75, 3.05) is 6.61 Å². The van der Waals surface area contributed by atoms with E-state index in [1.54, 1.807) is 0 Å². The van der Waals surface area contributed by atoms with Crippen LogP contribution < -0.4 is 5.73 Å². The van der Waals surface area contributed by atoms with Gasteiger partial charge in [-0.05, 0) is 20.3 Å². The van der Waals surface area contributed by atoms with E-state index >= 15 is 0 Å². The maximum atomic E-state index is 11.1. The van der Waals surface area contributed by atoms with Gasteiger partial charge in [0.05, 0.1) is 0 Å². The molecule has 0 radical (unpaired) electrons. The zero-order valence-corrected chi connectivity index (χ0v) is 8.93. The number of rotatable bonds is 6. The molecule has 0 unspecified atom stereocenters. The number of ether oxygens (including phenoxy) is 1. The maximum Gasteiger partial charge on any atom is 0.305 e. The summed E-state index contributed by atoms with van der Waals surface area (Å²) in [5.41, 5.74) is 5.25. The third-order valence-corrected chi connectivity index (χ3v) is 1.59. The Balaban J connectivity index is 3.41. The quantitative estimate of drug-likeness (QED) is 0.510. The zero-order chi connectivity index (χ0) is 10.3. The fourth-order valence-electron chi connectivity index (χ4n) is 0.858. The Hall–Kier alpha value is -0.570. The topological polar surface area (TPSA) is 52.3 Å². The molecule has 0 aliphatic carbocycles. The van der Waals surface area contributed by atoms with E-state index in [-0.39, 0.29) is 5.97 Å². The second kappa shape index (κ2) is 5.97. The van der Waals surface area contributed by atoms with Gasteiger partial charge in [0.15, 0.2) is 0 Å². The van der Waals surface area contributed by atoms with E-state index in [1.807, 2.05) is 13.8 Å². The zero-order valence-electron chi connectivity index (χ0n) is 8.93. The summed E-state index contributed by atoms with van der Waals surface area (Å²) in [5.74, 6) is -0.132. The summed E-state index contributed by atoms with van der Waals surface area (Å²) < 4.78 is 4.99. The molecule has 0 atom stereocenters. The fraction of sp³-hybridized carbons (Fsp3) is 0.900. The minimum atomic E-state index is -0.416. The van der Waals surface area contributed by atoms with Crippen LogP contribution in [0.25, 0.3) is 0 Å². The van der Waals surface area contributed by atoms with E-state index in [2.05, 4.69) is 6.92 Å². The molecule has 0 heterocycles. The molecule has 3 nitrogen and oxygen atoms in total. The van der Waals surface area contributed by atoms with Gasteiger partial charge in [0.1, 0.15) is 6.61 Å². The van der Waals surface area contributed by atoms with Crippen molar-refractivity contribution in [3.63, 3.8) is 0 Å². The van der Waals surface area contributed by atoms with Crippen molar-refractivity contribution in [1.29, 1.82) is 0 Å². The molecule has 0 aromatic heterocycles. The molecular formula is C10H21NO2. The molecule has 0 aromatic carbocycles. The summed E-state index contributed by atoms with van der Waals surface area (Å²) in [6, 6.07) is 0. The molecule has 0 aromatic rings. The normalized spacial score (nSPS) is 11.4. The Labute approximate surface area is 80.6 Å². The van der Waals surface area contributed by atoms with Gasteiger partial charge in [-0.2, -0.15) is 0 Å². The van der Waals surface area contributed by atoms with Crippen LogP contribution in [0.3, 0.4) is 0 Å². The van der Waals surface area contributed by atoms with Crippen LogP contribution in [-0.2, 0) is 9.53 Å². The summed E-state index contributed by atoms with van der Waals surface area (Å²) in [6.45, 7) is 6.09. The van der Waals surface area contributed by atoms with Crippen molar-refractivity contribution in [2.45, 2.75) is 52.0 Å². The van der Waals surface area contributed by atoms with Crippen LogP contribution in [0.4, 0.5) is 0 Å². The Bertz CT molecular complexity index is 149. The molecule has 2 N–H and O–H groups in total. The average molecular weight is 187 g/mol. The van der Waals surface area contributed by atoms with Gasteiger partial charge in [0, 0.05) is 12.0 Å². The molecule has 0 saturated heterocycles. The van der Waals surface area contributed by atoms with Gasteiger partial charge in [-0.25, -0.2) is 0 Å². The average Bonchev–Trinajstić information content (AvgIpc) is 2.00. The van der Waals surface area contributed by atoms with E-state index in [9.17, 15) is 4.79 Å². The van der Waals surface area contributed by atoms with Crippen molar-refractivity contribution in [1.82, 2.24) is 0 Å². The summed E-state index contributed by atoms with van der Waals surface area (Å²) in [4.78, 5) is 11.1. The summed E-state index contributed by atoms with van der Waals surface area (Å²) >= 11 is 0. The highest BCUT2D eigenvalue weighted by molar-refractivity contribution is 5.69. The van der Waals surface area contributed by atoms with Crippen LogP contribution in [-0.4, -0.2) is 18.1 Å². The van der Waals surface area contributed by atoms with Crippen LogP contribution >= 0.6 is 0 Å². The third-order valence-electron chi connectivity index (χ3n) is 1.59. The van der Waals surface area contributed by atoms with E-state index in [4.69, 9.17) is 10.5 Å². The van der Waals surface area contributed by atoms with Crippen LogP contribution in [0.15, 0.2) is 0 Å². The highest BCUT2D eigenvalue weighted by Crippen LogP contribution is 2.03. The molecule has 0 fully saturated rings. The number of carbonyl (C=O) groups excluding carboxylic acids is 1. The van der Waals surface area contributed by atoms with Gasteiger partial charge in [-0.1, -0.05) is 19.8 Å². The SMILES string of the molecule is CCCCCC(=O)OCC(C)(C)N. The molecule has 0 saturated carbocycles. The predicted octanol–water partition coefficient (Wildman–Crippen LogP) is 1.85. The van der Waals surface area contributed by atoms with Crippen molar-refractivity contribution in [3.05, 3.63) is 0 Å². The molecule has 0 spiro atoms. The Morgan fingerprint density at radius 2 is 2.00 bits per heavy atom. The number of unbranched alkanes of at least 4 members (excludes halogenated alkanes) is 2. The minimum absolute atomic E-state index is 0.132. The standard InChI is InChI=1S/C10H21NO2/c1-4-5-6-7-9(12)13-8-10(2,3)11/h4-8,11H2,1-3H3. The molecule has 0 bridgehead atoms. The first-order valence-electron chi connectivity index (χ1n) is 4.90. The van der Waals surface area contributed by atoms with Crippen molar-refractivity contribution < 1.29 is 9.53 Å². The maximum absolute atomic E-state index is 11.1. The van der Waals surface area contributed by atoms with E-state index in [1.165, 1.54) is 0 Å². The summed E-state index contributed by atoms with van der Waals surface area (Å²) in [6.07, 6.45) is 3.64. The highest BCUT2D eigenvalue weighted by atomic mass is 16.5. The number of hydrogen-bond donors (Lipinski definition) is 1. The van der Waals surface area contributed by atoms with Gasteiger partial charge >= 0.3 is 5.97 Å². The van der Waals surface area contributed by atoms with E-state index in [0.717, 1.165) is 19.3 Å². The van der Waals surface area contributed by atoms with Crippen molar-refractivity contribution in [3.8, 4) is 0 Å². The predicted molar refractivity (Wildman–Crippen MR) is 53.4 cm³/mol. The molecular weight excluding hydrogens is 166 g/mol. The smallest absolute Gasteiger partial charge is 0.305 e. The first kappa shape index (κ1) is 12.4. The molecule has 0 aliphatic heterocycles. The van der Waals surface area contributed by atoms with Crippen LogP contribution in [0.2, 0.25) is 0 Å². The van der Waals surface area contributed by atoms with Gasteiger partial charge in [0.2, 0.25) is 0 Å². The number of hydrogen-bond acceptors (Lipinski definition) is 3. The van der Waals surface area contributed by atoms with E-state index < -0.39 is 5.54 Å². The number of nitrogens with two attached hydrogens (primary N) is 1. The van der Waals surface area contributed by atoms with Gasteiger partial charge in [-0.3, -0.25) is 4.79 Å². The third kappa shape index (κ3) is 9.34. The lowest BCUT2D eigenvalue weighted by molar-refractivity contribution is -0.145. The molecule has 3 heteroatoms. The number of esters is 1. The number of carbonyl (C=O) groups is 1. The Kier molecular flexibility index (Phi) is 5.71. The van der Waals surface area contributed by atoms with Crippen LogP contribution in [0.5, 0.6) is 0 Å². The monoisotopic (exact) mass is 187 g/mol. The van der Waals surface area contributed by atoms with Crippen molar-refractivity contribution in [2.24, 2.45) is 5.73 Å². The first-order valence-corrected chi connectivity index (χ1v) is 4.90. The van der Waals surface area contributed by atoms with Gasteiger partial charge in [0.25, 0.3) is 0 Å². The second-order valence-corrected chi connectivity index (χ2v) is 4.11. The lowest BCUT2D eigenvalue weighted by Crippen LogP contribution is -2.38. The lowest BCUT2D eigenvalue weighted by atomic mass is 10.1. The first-order chi connectivity index (χ1) is 5.95. The summed E-state index contributed by atoms with van der Waals surface area (Å²) in [5, 5.41) is 0. The Morgan fingerprint density at radius 3 is 2.46 bits per heavy atom. The van der Waals surface area contributed by atoms with E-state index in [0.29, 0.717) is 13.0 Å². The van der Waals surface area contributed by atoms with Crippen LogP contribution in [0, 0.1) is 0 Å². The fourth-order valence-corrected chi connectivity index (χ4v) is 0.858. The Morgan fingerprint density at radius 1 is 1.38 bits per heavy atom. The summed E-state index contributed by atoms with van der Waals surface area (Å²) in [7, 11) is 0. The van der Waals surface area contributed by atoms with Crippen LogP contribution in [0.1, 0.15) is 46.5 Å². The molecule has 0 rings (SSSR count). The molecule has 0 amide bonds. The molecule has 13 heavy (non-hydrogen) atoms.